The van der Waals surface area contributed by atoms with E-state index in [0.717, 1.165) is 5.56 Å². The van der Waals surface area contributed by atoms with Gasteiger partial charge in [-0.25, -0.2) is 0 Å². The molecule has 2 nitrogen and oxygen atoms in total. The van der Waals surface area contributed by atoms with Gasteiger partial charge >= 0.3 is 0 Å². The highest BCUT2D eigenvalue weighted by Gasteiger charge is 2.12. The Morgan fingerprint density at radius 2 is 1.85 bits per heavy atom. The molecule has 0 amide bonds. The van der Waals surface area contributed by atoms with Crippen LogP contribution >= 0.6 is 0 Å². The predicted molar refractivity (Wildman–Crippen MR) is 80.6 cm³/mol. The molecular formula is C18H14N2. The summed E-state index contributed by atoms with van der Waals surface area (Å²) in [7, 11) is 0. The van der Waals surface area contributed by atoms with E-state index in [1.807, 2.05) is 48.7 Å². The van der Waals surface area contributed by atoms with Crippen LogP contribution in [0.25, 0.3) is 5.57 Å². The van der Waals surface area contributed by atoms with E-state index in [0.29, 0.717) is 5.56 Å². The van der Waals surface area contributed by atoms with Crippen LogP contribution in [0, 0.1) is 11.3 Å². The Morgan fingerprint density at radius 3 is 2.65 bits per heavy atom. The lowest BCUT2D eigenvalue weighted by molar-refractivity contribution is 0.749. The van der Waals surface area contributed by atoms with Crippen LogP contribution in [0.1, 0.15) is 22.7 Å². The van der Waals surface area contributed by atoms with Gasteiger partial charge in [-0.3, -0.25) is 0 Å². The van der Waals surface area contributed by atoms with Gasteiger partial charge < -0.3 is 5.32 Å². The fraction of sp³-hybridized carbons (Fsp3) is 0.0556. The summed E-state index contributed by atoms with van der Waals surface area (Å²) in [6, 6.07) is 20.3. The maximum atomic E-state index is 8.99. The van der Waals surface area contributed by atoms with Crippen molar-refractivity contribution in [2.75, 3.05) is 0 Å². The lowest BCUT2D eigenvalue weighted by Crippen LogP contribution is -2.16. The third-order valence-electron chi connectivity index (χ3n) is 3.37. The minimum Gasteiger partial charge on any atom is -0.381 e. The summed E-state index contributed by atoms with van der Waals surface area (Å²) in [5.74, 6) is 0. The minimum atomic E-state index is 0.100. The summed E-state index contributed by atoms with van der Waals surface area (Å²) in [4.78, 5) is 0. The maximum Gasteiger partial charge on any atom is 0.0991 e. The van der Waals surface area contributed by atoms with Gasteiger partial charge in [-0.1, -0.05) is 42.5 Å². The molecule has 3 rings (SSSR count). The third kappa shape index (κ3) is 2.48. The number of nitrogens with one attached hydrogen (secondary N) is 1. The highest BCUT2D eigenvalue weighted by molar-refractivity contribution is 5.75. The van der Waals surface area contributed by atoms with E-state index in [1.54, 1.807) is 0 Å². The predicted octanol–water partition coefficient (Wildman–Crippen LogP) is 3.80. The van der Waals surface area contributed by atoms with Gasteiger partial charge in [0, 0.05) is 0 Å². The van der Waals surface area contributed by atoms with Crippen LogP contribution in [-0.2, 0) is 0 Å². The molecule has 2 aromatic carbocycles. The van der Waals surface area contributed by atoms with Crippen molar-refractivity contribution in [2.24, 2.45) is 0 Å². The highest BCUT2D eigenvalue weighted by atomic mass is 14.9. The average molecular weight is 258 g/mol. The maximum absolute atomic E-state index is 8.99. The van der Waals surface area contributed by atoms with E-state index in [2.05, 4.69) is 35.7 Å². The van der Waals surface area contributed by atoms with Crippen LogP contribution in [0.15, 0.2) is 72.9 Å². The molecule has 1 atom stereocenters. The first-order valence-electron chi connectivity index (χ1n) is 6.57. The molecule has 0 aromatic heterocycles. The molecule has 0 spiro atoms. The molecule has 1 aliphatic rings. The Labute approximate surface area is 118 Å². The van der Waals surface area contributed by atoms with Gasteiger partial charge in [0.15, 0.2) is 0 Å². The molecule has 0 saturated carbocycles. The number of allylic oxidation sites excluding steroid dienone is 2. The molecule has 1 heterocycles. The lowest BCUT2D eigenvalue weighted by Gasteiger charge is -2.20. The van der Waals surface area contributed by atoms with Gasteiger partial charge in [-0.05, 0) is 47.2 Å². The van der Waals surface area contributed by atoms with Crippen LogP contribution in [-0.4, -0.2) is 0 Å². The van der Waals surface area contributed by atoms with Gasteiger partial charge in [0.1, 0.15) is 0 Å². The van der Waals surface area contributed by atoms with Gasteiger partial charge in [-0.2, -0.15) is 5.26 Å². The second-order valence-corrected chi connectivity index (χ2v) is 4.70. The van der Waals surface area contributed by atoms with Crippen molar-refractivity contribution in [1.29, 1.82) is 5.26 Å². The number of hydrogen-bond acceptors (Lipinski definition) is 2. The summed E-state index contributed by atoms with van der Waals surface area (Å²) >= 11 is 0. The summed E-state index contributed by atoms with van der Waals surface area (Å²) in [6.45, 7) is 0. The Balaban J connectivity index is 1.94. The molecule has 1 aliphatic heterocycles. The number of dihydropyridines is 1. The van der Waals surface area contributed by atoms with Gasteiger partial charge in [0.2, 0.25) is 0 Å². The Morgan fingerprint density at radius 1 is 1.00 bits per heavy atom. The van der Waals surface area contributed by atoms with E-state index in [-0.39, 0.29) is 6.04 Å². The zero-order valence-corrected chi connectivity index (χ0v) is 11.0. The molecule has 0 bridgehead atoms. The fourth-order valence-electron chi connectivity index (χ4n) is 2.34. The van der Waals surface area contributed by atoms with E-state index in [1.165, 1.54) is 11.1 Å². The second-order valence-electron chi connectivity index (χ2n) is 4.70. The molecule has 1 unspecified atom stereocenters. The SMILES string of the molecule is N#Cc1cccc(C2C=C(c3ccccc3)C=CN2)c1. The summed E-state index contributed by atoms with van der Waals surface area (Å²) in [6.07, 6.45) is 6.22. The first-order chi connectivity index (χ1) is 9.86. The number of rotatable bonds is 2. The summed E-state index contributed by atoms with van der Waals surface area (Å²) < 4.78 is 0. The third-order valence-corrected chi connectivity index (χ3v) is 3.37. The van der Waals surface area contributed by atoms with Crippen molar-refractivity contribution in [2.45, 2.75) is 6.04 Å². The standard InChI is InChI=1S/C18H14N2/c19-13-14-5-4-8-17(11-14)18-12-16(9-10-20-18)15-6-2-1-3-7-15/h1-12,18,20H. The van der Waals surface area contributed by atoms with Crippen LogP contribution in [0.5, 0.6) is 0 Å². The van der Waals surface area contributed by atoms with Crippen molar-refractivity contribution in [3.05, 3.63) is 89.6 Å². The van der Waals surface area contributed by atoms with Crippen LogP contribution in [0.3, 0.4) is 0 Å². The van der Waals surface area contributed by atoms with E-state index >= 15 is 0 Å². The minimum absolute atomic E-state index is 0.100. The zero-order valence-electron chi connectivity index (χ0n) is 11.0. The van der Waals surface area contributed by atoms with Crippen LogP contribution in [0.2, 0.25) is 0 Å². The molecule has 20 heavy (non-hydrogen) atoms. The van der Waals surface area contributed by atoms with Crippen molar-refractivity contribution in [3.63, 3.8) is 0 Å². The van der Waals surface area contributed by atoms with Crippen LogP contribution < -0.4 is 5.32 Å². The normalized spacial score (nSPS) is 16.9. The van der Waals surface area contributed by atoms with Gasteiger partial charge in [0.25, 0.3) is 0 Å². The zero-order chi connectivity index (χ0) is 13.8. The van der Waals surface area contributed by atoms with Crippen molar-refractivity contribution in [3.8, 4) is 6.07 Å². The Bertz CT molecular complexity index is 706. The first-order valence-corrected chi connectivity index (χ1v) is 6.57. The molecule has 0 radical (unpaired) electrons. The van der Waals surface area contributed by atoms with E-state index in [9.17, 15) is 0 Å². The Kier molecular flexibility index (Phi) is 3.34. The molecular weight excluding hydrogens is 244 g/mol. The van der Waals surface area contributed by atoms with E-state index in [4.69, 9.17) is 5.26 Å². The average Bonchev–Trinajstić information content (AvgIpc) is 2.56. The summed E-state index contributed by atoms with van der Waals surface area (Å²) in [5.41, 5.74) is 4.18. The lowest BCUT2D eigenvalue weighted by atomic mass is 9.96. The second kappa shape index (κ2) is 5.46. The van der Waals surface area contributed by atoms with Gasteiger partial charge in [-0.15, -0.1) is 0 Å². The number of benzene rings is 2. The monoisotopic (exact) mass is 258 g/mol. The van der Waals surface area contributed by atoms with Crippen molar-refractivity contribution >= 4 is 5.57 Å². The van der Waals surface area contributed by atoms with Crippen molar-refractivity contribution in [1.82, 2.24) is 5.32 Å². The number of nitriles is 1. The Hall–Kier alpha value is -2.79. The number of hydrogen-bond donors (Lipinski definition) is 1. The molecule has 2 aromatic rings. The molecule has 0 fully saturated rings. The molecule has 96 valence electrons. The number of nitrogens with zero attached hydrogens (tertiary/aromatic N) is 1. The largest absolute Gasteiger partial charge is 0.381 e. The fourth-order valence-corrected chi connectivity index (χ4v) is 2.34. The first kappa shape index (κ1) is 12.3. The van der Waals surface area contributed by atoms with Gasteiger partial charge in [0.05, 0.1) is 17.7 Å². The molecule has 0 aliphatic carbocycles. The van der Waals surface area contributed by atoms with E-state index < -0.39 is 0 Å². The quantitative estimate of drug-likeness (QED) is 0.889. The molecule has 2 heteroatoms. The van der Waals surface area contributed by atoms with Crippen LogP contribution in [0.4, 0.5) is 0 Å². The highest BCUT2D eigenvalue weighted by Crippen LogP contribution is 2.26. The molecule has 1 N–H and O–H groups in total. The van der Waals surface area contributed by atoms with Crippen molar-refractivity contribution < 1.29 is 0 Å². The molecule has 0 saturated heterocycles. The topological polar surface area (TPSA) is 35.8 Å². The summed E-state index contributed by atoms with van der Waals surface area (Å²) in [5, 5.41) is 12.3. The smallest absolute Gasteiger partial charge is 0.0991 e.